The predicted molar refractivity (Wildman–Crippen MR) is 90.4 cm³/mol. The van der Waals surface area contributed by atoms with E-state index in [0.717, 1.165) is 18.4 Å². The van der Waals surface area contributed by atoms with Crippen LogP contribution >= 0.6 is 0 Å². The Kier molecular flexibility index (Phi) is 4.54. The minimum Gasteiger partial charge on any atom is -0.385 e. The van der Waals surface area contributed by atoms with Gasteiger partial charge in [0.25, 0.3) is 0 Å². The molecule has 1 saturated carbocycles. The van der Waals surface area contributed by atoms with Gasteiger partial charge in [-0.15, -0.1) is 0 Å². The molecule has 1 aromatic rings. The highest BCUT2D eigenvalue weighted by molar-refractivity contribution is 5.32. The molecule has 1 aliphatic rings. The normalized spacial score (nSPS) is 30.7. The van der Waals surface area contributed by atoms with Crippen LogP contribution in [0.25, 0.3) is 0 Å². The molecule has 2 rings (SSSR count). The van der Waals surface area contributed by atoms with Crippen molar-refractivity contribution in [2.45, 2.75) is 71.8 Å². The van der Waals surface area contributed by atoms with Crippen LogP contribution in [0.5, 0.6) is 0 Å². The number of benzene rings is 1. The first-order valence-electron chi connectivity index (χ1n) is 8.48. The molecule has 0 aromatic heterocycles. The van der Waals surface area contributed by atoms with E-state index in [2.05, 4.69) is 65.8 Å². The fraction of sp³-hybridized carbons (Fsp3) is 0.700. The zero-order chi connectivity index (χ0) is 15.8. The number of aliphatic hydroxyl groups is 1. The maximum absolute atomic E-state index is 11.4. The van der Waals surface area contributed by atoms with Crippen LogP contribution in [0.1, 0.15) is 71.9 Å². The first kappa shape index (κ1) is 16.5. The molecule has 0 spiro atoms. The van der Waals surface area contributed by atoms with Gasteiger partial charge in [-0.2, -0.15) is 0 Å². The Morgan fingerprint density at radius 2 is 1.67 bits per heavy atom. The smallest absolute Gasteiger partial charge is 0.0929 e. The van der Waals surface area contributed by atoms with E-state index >= 15 is 0 Å². The Morgan fingerprint density at radius 3 is 2.14 bits per heavy atom. The number of hydrogen-bond donors (Lipinski definition) is 1. The third kappa shape index (κ3) is 3.34. The van der Waals surface area contributed by atoms with Crippen molar-refractivity contribution >= 4 is 0 Å². The molecule has 1 nitrogen and oxygen atoms in total. The van der Waals surface area contributed by atoms with E-state index in [0.29, 0.717) is 17.8 Å². The van der Waals surface area contributed by atoms with E-state index in [1.54, 1.807) is 0 Å². The second-order valence-corrected chi connectivity index (χ2v) is 8.49. The van der Waals surface area contributed by atoms with Crippen molar-refractivity contribution in [1.82, 2.24) is 0 Å². The van der Waals surface area contributed by atoms with Gasteiger partial charge in [0.1, 0.15) is 0 Å². The highest BCUT2D eigenvalue weighted by Crippen LogP contribution is 2.47. The number of rotatable bonds is 2. The summed E-state index contributed by atoms with van der Waals surface area (Å²) in [6.45, 7) is 13.5. The summed E-state index contributed by atoms with van der Waals surface area (Å²) in [6, 6.07) is 8.72. The summed E-state index contributed by atoms with van der Waals surface area (Å²) < 4.78 is 0. The molecule has 0 heterocycles. The summed E-state index contributed by atoms with van der Waals surface area (Å²) in [5.74, 6) is 1.49. The van der Waals surface area contributed by atoms with E-state index in [4.69, 9.17) is 0 Å². The summed E-state index contributed by atoms with van der Waals surface area (Å²) in [5, 5.41) is 11.4. The van der Waals surface area contributed by atoms with Crippen molar-refractivity contribution in [3.8, 4) is 0 Å². The Labute approximate surface area is 130 Å². The van der Waals surface area contributed by atoms with Gasteiger partial charge < -0.3 is 5.11 Å². The van der Waals surface area contributed by atoms with Crippen LogP contribution in [0.15, 0.2) is 24.3 Å². The molecule has 1 fully saturated rings. The monoisotopic (exact) mass is 288 g/mol. The van der Waals surface area contributed by atoms with Gasteiger partial charge in [-0.1, -0.05) is 72.2 Å². The lowest BCUT2D eigenvalue weighted by Crippen LogP contribution is -2.43. The van der Waals surface area contributed by atoms with Gasteiger partial charge >= 0.3 is 0 Å². The molecule has 0 aliphatic heterocycles. The van der Waals surface area contributed by atoms with Gasteiger partial charge in [-0.25, -0.2) is 0 Å². The van der Waals surface area contributed by atoms with Crippen LogP contribution in [-0.4, -0.2) is 5.11 Å². The van der Waals surface area contributed by atoms with Gasteiger partial charge in [-0.05, 0) is 47.1 Å². The van der Waals surface area contributed by atoms with Crippen molar-refractivity contribution in [3.63, 3.8) is 0 Å². The van der Waals surface area contributed by atoms with E-state index < -0.39 is 5.60 Å². The quantitative estimate of drug-likeness (QED) is 0.786. The summed E-state index contributed by atoms with van der Waals surface area (Å²) in [6.07, 6.45) is 3.27. The Balaban J connectivity index is 2.36. The minimum absolute atomic E-state index is 0.165. The summed E-state index contributed by atoms with van der Waals surface area (Å²) in [7, 11) is 0. The van der Waals surface area contributed by atoms with Crippen LogP contribution in [-0.2, 0) is 11.0 Å². The second kappa shape index (κ2) is 5.76. The minimum atomic E-state index is -0.651. The molecule has 1 aromatic carbocycles. The first-order chi connectivity index (χ1) is 9.64. The Morgan fingerprint density at radius 1 is 1.10 bits per heavy atom. The molecule has 1 N–H and O–H groups in total. The van der Waals surface area contributed by atoms with Crippen LogP contribution < -0.4 is 0 Å². The highest BCUT2D eigenvalue weighted by Gasteiger charge is 2.43. The first-order valence-corrected chi connectivity index (χ1v) is 8.48. The lowest BCUT2D eigenvalue weighted by molar-refractivity contribution is -0.0865. The van der Waals surface area contributed by atoms with Crippen LogP contribution in [0.4, 0.5) is 0 Å². The van der Waals surface area contributed by atoms with Gasteiger partial charge in [0.05, 0.1) is 5.60 Å². The molecule has 3 atom stereocenters. The van der Waals surface area contributed by atoms with Gasteiger partial charge in [0.15, 0.2) is 0 Å². The molecular formula is C20H32O. The van der Waals surface area contributed by atoms with E-state index in [-0.39, 0.29) is 5.41 Å². The molecule has 0 saturated heterocycles. The zero-order valence-corrected chi connectivity index (χ0v) is 14.6. The third-order valence-corrected chi connectivity index (χ3v) is 5.30. The third-order valence-electron chi connectivity index (χ3n) is 5.30. The Hall–Kier alpha value is -0.820. The average Bonchev–Trinajstić information content (AvgIpc) is 2.37. The zero-order valence-electron chi connectivity index (χ0n) is 14.6. The average molecular weight is 288 g/mol. The largest absolute Gasteiger partial charge is 0.385 e. The fourth-order valence-electron chi connectivity index (χ4n) is 3.96. The van der Waals surface area contributed by atoms with Gasteiger partial charge in [0, 0.05) is 0 Å². The molecule has 0 amide bonds. The molecule has 21 heavy (non-hydrogen) atoms. The standard InChI is InChI=1S/C20H32O/c1-14(2)18-12-7-15(3)13-20(18,21)17-10-8-16(9-11-17)19(4,5)6/h8-11,14-15,18,21H,7,12-13H2,1-6H3. The predicted octanol–water partition coefficient (Wildman–Crippen LogP) is 5.26. The lowest BCUT2D eigenvalue weighted by atomic mass is 9.64. The molecular weight excluding hydrogens is 256 g/mol. The van der Waals surface area contributed by atoms with Crippen molar-refractivity contribution in [3.05, 3.63) is 35.4 Å². The maximum Gasteiger partial charge on any atom is 0.0929 e. The van der Waals surface area contributed by atoms with Crippen molar-refractivity contribution in [1.29, 1.82) is 0 Å². The van der Waals surface area contributed by atoms with Crippen LogP contribution in [0, 0.1) is 17.8 Å². The number of hydrogen-bond acceptors (Lipinski definition) is 1. The van der Waals surface area contributed by atoms with E-state index in [1.165, 1.54) is 12.0 Å². The lowest BCUT2D eigenvalue weighted by Gasteiger charge is -2.45. The second-order valence-electron chi connectivity index (χ2n) is 8.49. The summed E-state index contributed by atoms with van der Waals surface area (Å²) >= 11 is 0. The highest BCUT2D eigenvalue weighted by atomic mass is 16.3. The maximum atomic E-state index is 11.4. The molecule has 3 unspecified atom stereocenters. The van der Waals surface area contributed by atoms with Gasteiger partial charge in [0.2, 0.25) is 0 Å². The fourth-order valence-corrected chi connectivity index (χ4v) is 3.96. The SMILES string of the molecule is CC1CCC(C(C)C)C(O)(c2ccc(C(C)(C)C)cc2)C1. The molecule has 1 aliphatic carbocycles. The topological polar surface area (TPSA) is 20.2 Å². The van der Waals surface area contributed by atoms with E-state index in [1.807, 2.05) is 0 Å². The summed E-state index contributed by atoms with van der Waals surface area (Å²) in [4.78, 5) is 0. The summed E-state index contributed by atoms with van der Waals surface area (Å²) in [5.41, 5.74) is 1.96. The molecule has 0 radical (unpaired) electrons. The van der Waals surface area contributed by atoms with Crippen molar-refractivity contribution in [2.75, 3.05) is 0 Å². The molecule has 1 heteroatoms. The van der Waals surface area contributed by atoms with Crippen LogP contribution in [0.2, 0.25) is 0 Å². The van der Waals surface area contributed by atoms with Crippen molar-refractivity contribution in [2.24, 2.45) is 17.8 Å². The van der Waals surface area contributed by atoms with Gasteiger partial charge in [-0.3, -0.25) is 0 Å². The molecule has 118 valence electrons. The Bertz CT molecular complexity index is 466. The van der Waals surface area contributed by atoms with Crippen LogP contribution in [0.3, 0.4) is 0 Å². The molecule has 0 bridgehead atoms. The van der Waals surface area contributed by atoms with E-state index in [9.17, 15) is 5.11 Å². The van der Waals surface area contributed by atoms with Crippen molar-refractivity contribution < 1.29 is 5.11 Å².